The fourth-order valence-corrected chi connectivity index (χ4v) is 5.37. The minimum absolute atomic E-state index is 0.0854. The molecule has 3 heterocycles. The first kappa shape index (κ1) is 25.1. The Morgan fingerprint density at radius 1 is 1.00 bits per heavy atom. The molecule has 0 spiro atoms. The van der Waals surface area contributed by atoms with Crippen molar-refractivity contribution < 1.29 is 9.53 Å². The van der Waals surface area contributed by atoms with Crippen LogP contribution in [0, 0.1) is 6.92 Å². The van der Waals surface area contributed by atoms with Gasteiger partial charge in [-0.05, 0) is 61.0 Å². The predicted molar refractivity (Wildman–Crippen MR) is 147 cm³/mol. The predicted octanol–water partition coefficient (Wildman–Crippen LogP) is 4.74. The molecule has 0 bridgehead atoms. The summed E-state index contributed by atoms with van der Waals surface area (Å²) in [4.78, 5) is 21.4. The Hall–Kier alpha value is -3.56. The summed E-state index contributed by atoms with van der Waals surface area (Å²) in [6.45, 7) is 4.95. The van der Waals surface area contributed by atoms with Crippen molar-refractivity contribution in [1.29, 1.82) is 0 Å². The van der Waals surface area contributed by atoms with Crippen molar-refractivity contribution in [1.82, 2.24) is 24.6 Å². The Labute approximate surface area is 225 Å². The SMILES string of the molecule is COc1ccc(-n2c(SCC(=O)N3CCN(c4cc(Cl)ccc4C)CC3)nnc2-c2ccncc2)cc1. The molecule has 190 valence electrons. The molecule has 8 nitrogen and oxygen atoms in total. The zero-order valence-corrected chi connectivity index (χ0v) is 22.2. The molecule has 0 atom stereocenters. The maximum absolute atomic E-state index is 13.1. The lowest BCUT2D eigenvalue weighted by Crippen LogP contribution is -2.49. The summed E-state index contributed by atoms with van der Waals surface area (Å²) in [7, 11) is 1.64. The molecule has 1 fully saturated rings. The largest absolute Gasteiger partial charge is 0.497 e. The Kier molecular flexibility index (Phi) is 7.62. The number of halogens is 1. The smallest absolute Gasteiger partial charge is 0.233 e. The van der Waals surface area contributed by atoms with Crippen LogP contribution in [0.3, 0.4) is 0 Å². The molecular weight excluding hydrogens is 508 g/mol. The van der Waals surface area contributed by atoms with E-state index in [-0.39, 0.29) is 11.7 Å². The molecule has 1 amide bonds. The minimum Gasteiger partial charge on any atom is -0.497 e. The van der Waals surface area contributed by atoms with Crippen LogP contribution in [-0.2, 0) is 4.79 Å². The molecule has 37 heavy (non-hydrogen) atoms. The van der Waals surface area contributed by atoms with Crippen LogP contribution < -0.4 is 9.64 Å². The first-order valence-electron chi connectivity index (χ1n) is 12.0. The number of hydrogen-bond donors (Lipinski definition) is 0. The second-order valence-corrected chi connectivity index (χ2v) is 10.0. The van der Waals surface area contributed by atoms with Crippen LogP contribution in [0.5, 0.6) is 5.75 Å². The highest BCUT2D eigenvalue weighted by Crippen LogP contribution is 2.29. The van der Waals surface area contributed by atoms with Gasteiger partial charge in [0.25, 0.3) is 0 Å². The zero-order chi connectivity index (χ0) is 25.8. The molecule has 0 saturated carbocycles. The second-order valence-electron chi connectivity index (χ2n) is 8.66. The number of benzene rings is 2. The lowest BCUT2D eigenvalue weighted by Gasteiger charge is -2.36. The molecule has 10 heteroatoms. The van der Waals surface area contributed by atoms with Gasteiger partial charge in [-0.15, -0.1) is 10.2 Å². The van der Waals surface area contributed by atoms with Gasteiger partial charge in [-0.2, -0.15) is 0 Å². The van der Waals surface area contributed by atoms with E-state index in [1.54, 1.807) is 19.5 Å². The van der Waals surface area contributed by atoms with Gasteiger partial charge >= 0.3 is 0 Å². The van der Waals surface area contributed by atoms with Crippen LogP contribution in [0.25, 0.3) is 17.1 Å². The van der Waals surface area contributed by atoms with Crippen molar-refractivity contribution in [3.05, 3.63) is 77.6 Å². The monoisotopic (exact) mass is 534 g/mol. The van der Waals surface area contributed by atoms with Gasteiger partial charge in [0.2, 0.25) is 5.91 Å². The van der Waals surface area contributed by atoms with Gasteiger partial charge in [0.05, 0.1) is 12.9 Å². The van der Waals surface area contributed by atoms with Gasteiger partial charge in [0.15, 0.2) is 11.0 Å². The Morgan fingerprint density at radius 2 is 1.73 bits per heavy atom. The quantitative estimate of drug-likeness (QED) is 0.317. The van der Waals surface area contributed by atoms with E-state index in [1.807, 2.05) is 64.1 Å². The maximum Gasteiger partial charge on any atom is 0.233 e. The van der Waals surface area contributed by atoms with Gasteiger partial charge in [0, 0.05) is 60.5 Å². The average molecular weight is 535 g/mol. The molecule has 1 saturated heterocycles. The highest BCUT2D eigenvalue weighted by molar-refractivity contribution is 7.99. The van der Waals surface area contributed by atoms with E-state index in [0.717, 1.165) is 40.8 Å². The summed E-state index contributed by atoms with van der Waals surface area (Å²) >= 11 is 7.60. The number of amides is 1. The number of carbonyl (C=O) groups excluding carboxylic acids is 1. The summed E-state index contributed by atoms with van der Waals surface area (Å²) < 4.78 is 7.28. The molecule has 2 aromatic carbocycles. The third-order valence-corrected chi connectivity index (χ3v) is 7.52. The number of ether oxygens (including phenoxy) is 1. The highest BCUT2D eigenvalue weighted by Gasteiger charge is 2.24. The molecule has 2 aromatic heterocycles. The zero-order valence-electron chi connectivity index (χ0n) is 20.7. The maximum atomic E-state index is 13.1. The third-order valence-electron chi connectivity index (χ3n) is 6.37. The van der Waals surface area contributed by atoms with Crippen LogP contribution >= 0.6 is 23.4 Å². The number of aryl methyl sites for hydroxylation is 1. The average Bonchev–Trinajstić information content (AvgIpc) is 3.37. The third kappa shape index (κ3) is 5.57. The van der Waals surface area contributed by atoms with E-state index < -0.39 is 0 Å². The highest BCUT2D eigenvalue weighted by atomic mass is 35.5. The Bertz CT molecular complexity index is 1370. The number of pyridine rings is 1. The number of nitrogens with zero attached hydrogens (tertiary/aromatic N) is 6. The van der Waals surface area contributed by atoms with Gasteiger partial charge in [0.1, 0.15) is 5.75 Å². The van der Waals surface area contributed by atoms with Crippen molar-refractivity contribution in [2.24, 2.45) is 0 Å². The Morgan fingerprint density at radius 3 is 2.43 bits per heavy atom. The van der Waals surface area contributed by atoms with Crippen molar-refractivity contribution in [3.8, 4) is 22.8 Å². The van der Waals surface area contributed by atoms with E-state index >= 15 is 0 Å². The van der Waals surface area contributed by atoms with Crippen LogP contribution in [0.4, 0.5) is 5.69 Å². The summed E-state index contributed by atoms with van der Waals surface area (Å²) in [6, 6.07) is 17.4. The molecule has 0 unspecified atom stereocenters. The minimum atomic E-state index is 0.0854. The van der Waals surface area contributed by atoms with E-state index in [9.17, 15) is 4.79 Å². The van der Waals surface area contributed by atoms with Gasteiger partial charge in [-0.25, -0.2) is 0 Å². The molecule has 5 rings (SSSR count). The summed E-state index contributed by atoms with van der Waals surface area (Å²) in [5.74, 6) is 1.81. The van der Waals surface area contributed by atoms with Crippen molar-refractivity contribution in [2.75, 3.05) is 43.9 Å². The fraction of sp³-hybridized carbons (Fsp3) is 0.259. The van der Waals surface area contributed by atoms with Crippen molar-refractivity contribution in [2.45, 2.75) is 12.1 Å². The standard InChI is InChI=1S/C27H27ClN6O2S/c1-19-3-4-21(28)17-24(19)32-13-15-33(16-14-32)25(35)18-37-27-31-30-26(20-9-11-29-12-10-20)34(27)22-5-7-23(36-2)8-6-22/h3-12,17H,13-16,18H2,1-2H3. The number of aromatic nitrogens is 4. The molecule has 4 aromatic rings. The van der Waals surface area contributed by atoms with Crippen LogP contribution in [0.15, 0.2) is 72.1 Å². The normalized spacial score (nSPS) is 13.6. The van der Waals surface area contributed by atoms with Gasteiger partial charge < -0.3 is 14.5 Å². The molecular formula is C27H27ClN6O2S. The van der Waals surface area contributed by atoms with E-state index in [1.165, 1.54) is 17.3 Å². The molecule has 1 aliphatic heterocycles. The molecule has 0 radical (unpaired) electrons. The number of anilines is 1. The van der Waals surface area contributed by atoms with E-state index in [2.05, 4.69) is 27.0 Å². The number of thioether (sulfide) groups is 1. The lowest BCUT2D eigenvalue weighted by atomic mass is 10.1. The first-order chi connectivity index (χ1) is 18.0. The van der Waals surface area contributed by atoms with E-state index in [4.69, 9.17) is 16.3 Å². The fourth-order valence-electron chi connectivity index (χ4n) is 4.35. The molecule has 0 aliphatic carbocycles. The first-order valence-corrected chi connectivity index (χ1v) is 13.3. The van der Waals surface area contributed by atoms with Crippen LogP contribution in [-0.4, -0.2) is 69.6 Å². The van der Waals surface area contributed by atoms with Crippen molar-refractivity contribution >= 4 is 35.0 Å². The summed E-state index contributed by atoms with van der Waals surface area (Å²) in [6.07, 6.45) is 3.45. The second kappa shape index (κ2) is 11.2. The van der Waals surface area contributed by atoms with E-state index in [0.29, 0.717) is 24.1 Å². The van der Waals surface area contributed by atoms with Crippen LogP contribution in [0.1, 0.15) is 5.56 Å². The molecule has 0 N–H and O–H groups in total. The number of piperazine rings is 1. The Balaban J connectivity index is 1.29. The molecule has 1 aliphatic rings. The van der Waals surface area contributed by atoms with Crippen molar-refractivity contribution in [3.63, 3.8) is 0 Å². The number of hydrogen-bond acceptors (Lipinski definition) is 7. The van der Waals surface area contributed by atoms with Crippen LogP contribution in [0.2, 0.25) is 5.02 Å². The number of carbonyl (C=O) groups is 1. The number of rotatable bonds is 7. The lowest BCUT2D eigenvalue weighted by molar-refractivity contribution is -0.128. The number of methoxy groups -OCH3 is 1. The topological polar surface area (TPSA) is 76.4 Å². The summed E-state index contributed by atoms with van der Waals surface area (Å²) in [5.41, 5.74) is 4.09. The van der Waals surface area contributed by atoms with Gasteiger partial charge in [-0.1, -0.05) is 29.4 Å². The summed E-state index contributed by atoms with van der Waals surface area (Å²) in [5, 5.41) is 10.3. The van der Waals surface area contributed by atoms with Gasteiger partial charge in [-0.3, -0.25) is 14.3 Å².